The van der Waals surface area contributed by atoms with E-state index in [1.54, 1.807) is 11.1 Å². The van der Waals surface area contributed by atoms with E-state index in [2.05, 4.69) is 18.8 Å². The largest absolute Gasteiger partial charge is 0.444 e. The molecule has 1 aliphatic rings. The maximum atomic E-state index is 12.4. The molecule has 2 heterocycles. The van der Waals surface area contributed by atoms with E-state index < -0.39 is 5.60 Å². The van der Waals surface area contributed by atoms with Gasteiger partial charge in [0.05, 0.1) is 23.3 Å². The monoisotopic (exact) mass is 296 g/mol. The summed E-state index contributed by atoms with van der Waals surface area (Å²) in [5.41, 5.74) is 1.43. The number of halogens is 1. The van der Waals surface area contributed by atoms with Gasteiger partial charge in [-0.2, -0.15) is 0 Å². The first-order valence-electron chi connectivity index (χ1n) is 6.83. The molecule has 0 aliphatic carbocycles. The van der Waals surface area contributed by atoms with Gasteiger partial charge in [-0.3, -0.25) is 9.88 Å². The molecule has 0 fully saturated rings. The highest BCUT2D eigenvalue weighted by Crippen LogP contribution is 2.38. The Hall–Kier alpha value is -1.29. The minimum absolute atomic E-state index is 0.0582. The first-order chi connectivity index (χ1) is 9.19. The number of pyridine rings is 1. The highest BCUT2D eigenvalue weighted by Gasteiger charge is 2.38. The molecule has 1 aromatic heterocycles. The molecule has 0 saturated heterocycles. The normalized spacial score (nSPS) is 18.4. The standard InChI is InChI=1S/C15H21ClN2O2/c1-9(2)13-12-10(6-11(16)7-17-12)8-18(13)14(19)20-15(3,4)5/h6-7,9,13H,8H2,1-5H3. The molecule has 1 unspecified atom stereocenters. The second kappa shape index (κ2) is 5.24. The third-order valence-electron chi connectivity index (χ3n) is 3.18. The van der Waals surface area contributed by atoms with Gasteiger partial charge in [-0.15, -0.1) is 0 Å². The van der Waals surface area contributed by atoms with E-state index >= 15 is 0 Å². The Morgan fingerprint density at radius 3 is 2.70 bits per heavy atom. The van der Waals surface area contributed by atoms with Crippen molar-refractivity contribution in [2.45, 2.75) is 52.8 Å². The molecular weight excluding hydrogens is 276 g/mol. The molecule has 0 N–H and O–H groups in total. The average Bonchev–Trinajstić information content (AvgIpc) is 2.64. The van der Waals surface area contributed by atoms with Gasteiger partial charge in [-0.05, 0) is 38.3 Å². The van der Waals surface area contributed by atoms with Gasteiger partial charge < -0.3 is 4.74 Å². The van der Waals surface area contributed by atoms with E-state index in [1.807, 2.05) is 26.8 Å². The molecule has 1 aromatic rings. The van der Waals surface area contributed by atoms with Crippen LogP contribution >= 0.6 is 11.6 Å². The van der Waals surface area contributed by atoms with Crippen molar-refractivity contribution in [1.29, 1.82) is 0 Å². The lowest BCUT2D eigenvalue weighted by Gasteiger charge is -2.30. The number of ether oxygens (including phenoxy) is 1. The van der Waals surface area contributed by atoms with E-state index in [0.717, 1.165) is 11.3 Å². The summed E-state index contributed by atoms with van der Waals surface area (Å²) >= 11 is 5.99. The van der Waals surface area contributed by atoms with Crippen molar-refractivity contribution < 1.29 is 9.53 Å². The van der Waals surface area contributed by atoms with Crippen molar-refractivity contribution in [2.24, 2.45) is 5.92 Å². The lowest BCUT2D eigenvalue weighted by Crippen LogP contribution is -2.37. The smallest absolute Gasteiger partial charge is 0.411 e. The molecule has 110 valence electrons. The van der Waals surface area contributed by atoms with E-state index in [1.165, 1.54) is 0 Å². The summed E-state index contributed by atoms with van der Waals surface area (Å²) in [6.07, 6.45) is 1.33. The molecule has 4 nitrogen and oxygen atoms in total. The first-order valence-corrected chi connectivity index (χ1v) is 7.21. The summed E-state index contributed by atoms with van der Waals surface area (Å²) in [7, 11) is 0. The van der Waals surface area contributed by atoms with Gasteiger partial charge in [0.25, 0.3) is 0 Å². The molecule has 0 radical (unpaired) electrons. The fraction of sp³-hybridized carbons (Fsp3) is 0.600. The predicted molar refractivity (Wildman–Crippen MR) is 78.6 cm³/mol. The average molecular weight is 297 g/mol. The molecule has 0 spiro atoms. The fourth-order valence-corrected chi connectivity index (χ4v) is 2.67. The zero-order chi connectivity index (χ0) is 15.1. The van der Waals surface area contributed by atoms with E-state index in [0.29, 0.717) is 11.6 Å². The zero-order valence-corrected chi connectivity index (χ0v) is 13.4. The molecule has 1 amide bonds. The molecule has 1 aliphatic heterocycles. The topological polar surface area (TPSA) is 42.4 Å². The van der Waals surface area contributed by atoms with Gasteiger partial charge in [0.2, 0.25) is 0 Å². The highest BCUT2D eigenvalue weighted by molar-refractivity contribution is 6.30. The highest BCUT2D eigenvalue weighted by atomic mass is 35.5. The number of hydrogen-bond donors (Lipinski definition) is 0. The summed E-state index contributed by atoms with van der Waals surface area (Å²) in [4.78, 5) is 18.5. The Bertz CT molecular complexity index is 523. The number of aromatic nitrogens is 1. The number of nitrogens with zero attached hydrogens (tertiary/aromatic N) is 2. The summed E-state index contributed by atoms with van der Waals surface area (Å²) < 4.78 is 5.49. The number of carbonyl (C=O) groups excluding carboxylic acids is 1. The van der Waals surface area contributed by atoms with Gasteiger partial charge in [-0.25, -0.2) is 4.79 Å². The van der Waals surface area contributed by atoms with Crippen LogP contribution in [0.2, 0.25) is 5.02 Å². The fourth-order valence-electron chi connectivity index (χ4n) is 2.49. The van der Waals surface area contributed by atoms with Gasteiger partial charge in [-0.1, -0.05) is 25.4 Å². The molecule has 0 saturated carbocycles. The summed E-state index contributed by atoms with van der Waals surface area (Å²) in [5.74, 6) is 0.262. The molecule has 1 atom stereocenters. The van der Waals surface area contributed by atoms with Crippen LogP contribution in [-0.2, 0) is 11.3 Å². The number of hydrogen-bond acceptors (Lipinski definition) is 3. The third-order valence-corrected chi connectivity index (χ3v) is 3.39. The molecule has 0 bridgehead atoms. The van der Waals surface area contributed by atoms with E-state index in [4.69, 9.17) is 16.3 Å². The lowest BCUT2D eigenvalue weighted by atomic mass is 10.0. The van der Waals surface area contributed by atoms with Crippen LogP contribution in [0.5, 0.6) is 0 Å². The van der Waals surface area contributed by atoms with Crippen molar-refractivity contribution >= 4 is 17.7 Å². The van der Waals surface area contributed by atoms with Crippen molar-refractivity contribution in [2.75, 3.05) is 0 Å². The molecular formula is C15H21ClN2O2. The second-order valence-electron chi connectivity index (χ2n) is 6.49. The van der Waals surface area contributed by atoms with Crippen LogP contribution in [0.3, 0.4) is 0 Å². The van der Waals surface area contributed by atoms with Crippen LogP contribution in [0.15, 0.2) is 12.3 Å². The van der Waals surface area contributed by atoms with Crippen LogP contribution in [0.25, 0.3) is 0 Å². The lowest BCUT2D eigenvalue weighted by molar-refractivity contribution is 0.0124. The second-order valence-corrected chi connectivity index (χ2v) is 6.93. The Balaban J connectivity index is 2.30. The van der Waals surface area contributed by atoms with E-state index in [9.17, 15) is 4.79 Å². The predicted octanol–water partition coefficient (Wildman–Crippen LogP) is 4.18. The Kier molecular flexibility index (Phi) is 3.96. The van der Waals surface area contributed by atoms with Crippen molar-refractivity contribution in [3.63, 3.8) is 0 Å². The van der Waals surface area contributed by atoms with Gasteiger partial charge >= 0.3 is 6.09 Å². The summed E-state index contributed by atoms with van der Waals surface area (Å²) in [6, 6.07) is 1.82. The third kappa shape index (κ3) is 3.06. The summed E-state index contributed by atoms with van der Waals surface area (Å²) in [5, 5.41) is 0.595. The maximum absolute atomic E-state index is 12.4. The number of amides is 1. The van der Waals surface area contributed by atoms with Gasteiger partial charge in [0, 0.05) is 6.20 Å². The van der Waals surface area contributed by atoms with Crippen molar-refractivity contribution in [3.05, 3.63) is 28.5 Å². The number of fused-ring (bicyclic) bond motifs is 1. The Morgan fingerprint density at radius 2 is 2.15 bits per heavy atom. The van der Waals surface area contributed by atoms with Crippen LogP contribution in [-0.4, -0.2) is 21.6 Å². The van der Waals surface area contributed by atoms with Crippen LogP contribution in [0.1, 0.15) is 51.9 Å². The molecule has 20 heavy (non-hydrogen) atoms. The Morgan fingerprint density at radius 1 is 1.50 bits per heavy atom. The van der Waals surface area contributed by atoms with Crippen LogP contribution in [0.4, 0.5) is 4.79 Å². The van der Waals surface area contributed by atoms with E-state index in [-0.39, 0.29) is 18.1 Å². The van der Waals surface area contributed by atoms with Crippen molar-refractivity contribution in [1.82, 2.24) is 9.88 Å². The maximum Gasteiger partial charge on any atom is 0.411 e. The molecule has 2 rings (SSSR count). The van der Waals surface area contributed by atoms with Gasteiger partial charge in [0.1, 0.15) is 5.60 Å². The first kappa shape index (κ1) is 15.1. The zero-order valence-electron chi connectivity index (χ0n) is 12.6. The Labute approximate surface area is 125 Å². The number of rotatable bonds is 1. The van der Waals surface area contributed by atoms with Crippen molar-refractivity contribution in [3.8, 4) is 0 Å². The van der Waals surface area contributed by atoms with Crippen LogP contribution in [0, 0.1) is 5.92 Å². The SMILES string of the molecule is CC(C)C1c2ncc(Cl)cc2CN1C(=O)OC(C)(C)C. The minimum atomic E-state index is -0.502. The summed E-state index contributed by atoms with van der Waals surface area (Å²) in [6.45, 7) is 10.3. The quantitative estimate of drug-likeness (QED) is 0.780. The van der Waals surface area contributed by atoms with Gasteiger partial charge in [0.15, 0.2) is 0 Å². The molecule has 0 aromatic carbocycles. The minimum Gasteiger partial charge on any atom is -0.444 e. The van der Waals surface area contributed by atoms with Crippen LogP contribution < -0.4 is 0 Å². The number of carbonyl (C=O) groups is 1. The molecule has 5 heteroatoms.